The van der Waals surface area contributed by atoms with Gasteiger partial charge in [0.05, 0.1) is 5.69 Å². The topological polar surface area (TPSA) is 73.4 Å². The number of anilines is 1. The molecule has 1 aromatic heterocycles. The summed E-state index contributed by atoms with van der Waals surface area (Å²) in [7, 11) is 1.59. The number of carbonyl (C=O) groups is 2. The van der Waals surface area contributed by atoms with E-state index in [4.69, 9.17) is 5.11 Å². The lowest BCUT2D eigenvalue weighted by atomic mass is 10.1. The van der Waals surface area contributed by atoms with Crippen LogP contribution in [0.4, 0.5) is 5.69 Å². The minimum Gasteiger partial charge on any atom is -0.480 e. The quantitative estimate of drug-likeness (QED) is 0.723. The highest BCUT2D eigenvalue weighted by molar-refractivity contribution is 6.11. The summed E-state index contributed by atoms with van der Waals surface area (Å²) in [5.74, 6) is -1.36. The van der Waals surface area contributed by atoms with Crippen molar-refractivity contribution in [1.82, 2.24) is 4.98 Å². The molecule has 0 bridgehead atoms. The van der Waals surface area contributed by atoms with Gasteiger partial charge in [-0.3, -0.25) is 9.59 Å². The number of H-pyrrole nitrogens is 1. The first-order valence-electron chi connectivity index (χ1n) is 4.72. The second-order valence-electron chi connectivity index (χ2n) is 3.82. The predicted molar refractivity (Wildman–Crippen MR) is 53.5 cm³/mol. The molecular weight excluding hydrogens is 196 g/mol. The molecule has 1 fully saturated rings. The molecule has 2 N–H and O–H groups in total. The van der Waals surface area contributed by atoms with Gasteiger partial charge in [0.1, 0.15) is 5.41 Å². The number of carboxylic acids is 1. The van der Waals surface area contributed by atoms with Crippen molar-refractivity contribution in [3.8, 4) is 0 Å². The second-order valence-corrected chi connectivity index (χ2v) is 3.82. The molecule has 0 saturated heterocycles. The maximum atomic E-state index is 11.9. The van der Waals surface area contributed by atoms with Crippen molar-refractivity contribution in [1.29, 1.82) is 0 Å². The van der Waals surface area contributed by atoms with E-state index in [-0.39, 0.29) is 5.91 Å². The summed E-state index contributed by atoms with van der Waals surface area (Å²) in [5, 5.41) is 8.97. The molecule has 1 saturated carbocycles. The van der Waals surface area contributed by atoms with Gasteiger partial charge in [0, 0.05) is 19.4 Å². The molecule has 1 amide bonds. The standard InChI is InChI=1S/C10H12N2O3/c1-12(7-2-5-11-6-7)8(13)10(3-4-10)9(14)15/h2,5-6,11H,3-4H2,1H3,(H,14,15). The Morgan fingerprint density at radius 3 is 2.60 bits per heavy atom. The Morgan fingerprint density at radius 1 is 1.53 bits per heavy atom. The lowest BCUT2D eigenvalue weighted by Gasteiger charge is -2.19. The van der Waals surface area contributed by atoms with E-state index in [0.29, 0.717) is 18.5 Å². The fourth-order valence-electron chi connectivity index (χ4n) is 1.61. The van der Waals surface area contributed by atoms with Crippen LogP contribution >= 0.6 is 0 Å². The van der Waals surface area contributed by atoms with Crippen LogP contribution in [0.25, 0.3) is 0 Å². The largest absolute Gasteiger partial charge is 0.480 e. The van der Waals surface area contributed by atoms with Crippen molar-refractivity contribution in [2.45, 2.75) is 12.8 Å². The van der Waals surface area contributed by atoms with Crippen molar-refractivity contribution in [2.75, 3.05) is 11.9 Å². The van der Waals surface area contributed by atoms with E-state index in [9.17, 15) is 9.59 Å². The Bertz CT molecular complexity index is 393. The number of rotatable bonds is 3. The van der Waals surface area contributed by atoms with Crippen molar-refractivity contribution in [3.05, 3.63) is 18.5 Å². The van der Waals surface area contributed by atoms with Gasteiger partial charge in [-0.2, -0.15) is 0 Å². The first kappa shape index (κ1) is 9.76. The monoisotopic (exact) mass is 208 g/mol. The third-order valence-electron chi connectivity index (χ3n) is 2.84. The molecule has 5 heteroatoms. The van der Waals surface area contributed by atoms with Crippen LogP contribution in [0, 0.1) is 5.41 Å². The average Bonchev–Trinajstić information content (AvgIpc) is 2.85. The number of amides is 1. The molecule has 0 unspecified atom stereocenters. The van der Waals surface area contributed by atoms with Gasteiger partial charge in [-0.15, -0.1) is 0 Å². The Labute approximate surface area is 86.7 Å². The zero-order valence-electron chi connectivity index (χ0n) is 8.36. The molecule has 1 aliphatic rings. The minimum absolute atomic E-state index is 0.338. The maximum absolute atomic E-state index is 11.9. The summed E-state index contributed by atoms with van der Waals surface area (Å²) in [6.45, 7) is 0. The highest BCUT2D eigenvalue weighted by Crippen LogP contribution is 2.47. The van der Waals surface area contributed by atoms with Crippen LogP contribution < -0.4 is 4.90 Å². The number of hydrogen-bond donors (Lipinski definition) is 2. The van der Waals surface area contributed by atoms with Crippen LogP contribution in [0.15, 0.2) is 18.5 Å². The highest BCUT2D eigenvalue weighted by Gasteiger charge is 2.58. The maximum Gasteiger partial charge on any atom is 0.319 e. The van der Waals surface area contributed by atoms with Crippen LogP contribution in [0.5, 0.6) is 0 Å². The molecule has 0 aliphatic heterocycles. The first-order chi connectivity index (χ1) is 7.08. The number of hydrogen-bond acceptors (Lipinski definition) is 2. The zero-order valence-corrected chi connectivity index (χ0v) is 8.36. The van der Waals surface area contributed by atoms with Crippen LogP contribution in [0.2, 0.25) is 0 Å². The zero-order chi connectivity index (χ0) is 11.1. The lowest BCUT2D eigenvalue weighted by molar-refractivity contribution is -0.148. The van der Waals surface area contributed by atoms with Crippen LogP contribution in [-0.2, 0) is 9.59 Å². The summed E-state index contributed by atoms with van der Waals surface area (Å²) >= 11 is 0. The molecule has 80 valence electrons. The SMILES string of the molecule is CN(C(=O)C1(C(=O)O)CC1)c1cc[nH]c1. The first-order valence-corrected chi connectivity index (χ1v) is 4.72. The molecule has 1 heterocycles. The number of aliphatic carboxylic acids is 1. The van der Waals surface area contributed by atoms with Crippen LogP contribution in [-0.4, -0.2) is 29.0 Å². The third-order valence-corrected chi connectivity index (χ3v) is 2.84. The van der Waals surface area contributed by atoms with Crippen molar-refractivity contribution < 1.29 is 14.7 Å². The van der Waals surface area contributed by atoms with E-state index in [0.717, 1.165) is 0 Å². The Kier molecular flexibility index (Phi) is 2.03. The van der Waals surface area contributed by atoms with Gasteiger partial charge in [0.2, 0.25) is 5.91 Å². The molecule has 1 aromatic rings. The van der Waals surface area contributed by atoms with Gasteiger partial charge in [0.15, 0.2) is 0 Å². The Hall–Kier alpha value is -1.78. The lowest BCUT2D eigenvalue weighted by Crippen LogP contribution is -2.38. The molecule has 0 spiro atoms. The van der Waals surface area contributed by atoms with E-state index in [1.54, 1.807) is 25.5 Å². The van der Waals surface area contributed by atoms with Gasteiger partial charge < -0.3 is 15.0 Å². The molecule has 15 heavy (non-hydrogen) atoms. The predicted octanol–water partition coefficient (Wildman–Crippen LogP) is 0.842. The van der Waals surface area contributed by atoms with Crippen LogP contribution in [0.3, 0.4) is 0 Å². The van der Waals surface area contributed by atoms with E-state index in [2.05, 4.69) is 4.98 Å². The van der Waals surface area contributed by atoms with Gasteiger partial charge in [-0.1, -0.05) is 0 Å². The van der Waals surface area contributed by atoms with Crippen molar-refractivity contribution in [3.63, 3.8) is 0 Å². The molecule has 0 radical (unpaired) electrons. The average molecular weight is 208 g/mol. The van der Waals surface area contributed by atoms with Gasteiger partial charge in [0.25, 0.3) is 0 Å². The molecule has 1 aliphatic carbocycles. The summed E-state index contributed by atoms with van der Waals surface area (Å²) in [5.41, 5.74) is -0.473. The fourth-order valence-corrected chi connectivity index (χ4v) is 1.61. The number of carbonyl (C=O) groups excluding carboxylic acids is 1. The molecule has 2 rings (SSSR count). The number of nitrogens with zero attached hydrogens (tertiary/aromatic N) is 1. The molecule has 5 nitrogen and oxygen atoms in total. The molecule has 0 atom stereocenters. The molecular formula is C10H12N2O3. The van der Waals surface area contributed by atoms with Gasteiger partial charge in [-0.05, 0) is 18.9 Å². The third kappa shape index (κ3) is 1.40. The number of aromatic nitrogens is 1. The number of carboxylic acid groups (broad SMARTS) is 1. The fraction of sp³-hybridized carbons (Fsp3) is 0.400. The molecule has 0 aromatic carbocycles. The normalized spacial score (nSPS) is 17.1. The van der Waals surface area contributed by atoms with E-state index in [1.807, 2.05) is 0 Å². The second kappa shape index (κ2) is 3.12. The van der Waals surface area contributed by atoms with E-state index >= 15 is 0 Å². The van der Waals surface area contributed by atoms with Crippen LogP contribution in [0.1, 0.15) is 12.8 Å². The van der Waals surface area contributed by atoms with Gasteiger partial charge in [-0.25, -0.2) is 0 Å². The Morgan fingerprint density at radius 2 is 2.20 bits per heavy atom. The smallest absolute Gasteiger partial charge is 0.319 e. The minimum atomic E-state index is -1.16. The summed E-state index contributed by atoms with van der Waals surface area (Å²) in [6, 6.07) is 1.73. The Balaban J connectivity index is 2.19. The summed E-state index contributed by atoms with van der Waals surface area (Å²) in [6.07, 6.45) is 4.24. The van der Waals surface area contributed by atoms with E-state index < -0.39 is 11.4 Å². The number of aromatic amines is 1. The van der Waals surface area contributed by atoms with Crippen molar-refractivity contribution >= 4 is 17.6 Å². The van der Waals surface area contributed by atoms with Crippen molar-refractivity contribution in [2.24, 2.45) is 5.41 Å². The summed E-state index contributed by atoms with van der Waals surface area (Å²) in [4.78, 5) is 27.1. The van der Waals surface area contributed by atoms with Gasteiger partial charge >= 0.3 is 5.97 Å². The van der Waals surface area contributed by atoms with E-state index in [1.165, 1.54) is 4.90 Å². The summed E-state index contributed by atoms with van der Waals surface area (Å²) < 4.78 is 0. The number of nitrogens with one attached hydrogen (secondary N) is 1. The highest BCUT2D eigenvalue weighted by atomic mass is 16.4.